The summed E-state index contributed by atoms with van der Waals surface area (Å²) < 4.78 is 3.30. The molecule has 0 N–H and O–H groups in total. The van der Waals surface area contributed by atoms with Crippen molar-refractivity contribution in [3.05, 3.63) is 45.7 Å². The SMILES string of the molecule is Cc1cc2nc(C)c3c(Br)ccn3c2cc1C. The van der Waals surface area contributed by atoms with Gasteiger partial charge >= 0.3 is 0 Å². The molecule has 0 saturated carbocycles. The zero-order valence-corrected chi connectivity index (χ0v) is 11.7. The molecule has 0 aliphatic rings. The highest BCUT2D eigenvalue weighted by Gasteiger charge is 2.09. The topological polar surface area (TPSA) is 17.3 Å². The van der Waals surface area contributed by atoms with Gasteiger partial charge in [-0.2, -0.15) is 0 Å². The zero-order chi connectivity index (χ0) is 12.2. The summed E-state index contributed by atoms with van der Waals surface area (Å²) in [6, 6.07) is 6.43. The minimum Gasteiger partial charge on any atom is -0.312 e. The van der Waals surface area contributed by atoms with Gasteiger partial charge in [0.05, 0.1) is 22.2 Å². The lowest BCUT2D eigenvalue weighted by atomic mass is 10.1. The van der Waals surface area contributed by atoms with Crippen LogP contribution in [-0.4, -0.2) is 9.38 Å². The number of fused-ring (bicyclic) bond motifs is 3. The largest absolute Gasteiger partial charge is 0.312 e. The van der Waals surface area contributed by atoms with Crippen LogP contribution in [0.5, 0.6) is 0 Å². The number of rotatable bonds is 0. The Kier molecular flexibility index (Phi) is 2.26. The van der Waals surface area contributed by atoms with Gasteiger partial charge in [-0.05, 0) is 66.0 Å². The minimum absolute atomic E-state index is 1.05. The van der Waals surface area contributed by atoms with Gasteiger partial charge in [-0.25, -0.2) is 4.98 Å². The molecular weight excluding hydrogens is 276 g/mol. The first kappa shape index (κ1) is 10.8. The molecule has 0 atom stereocenters. The zero-order valence-electron chi connectivity index (χ0n) is 10.1. The van der Waals surface area contributed by atoms with Gasteiger partial charge in [0.2, 0.25) is 0 Å². The second kappa shape index (κ2) is 3.57. The number of nitrogens with zero attached hydrogens (tertiary/aromatic N) is 2. The highest BCUT2D eigenvalue weighted by Crippen LogP contribution is 2.27. The fourth-order valence-electron chi connectivity index (χ4n) is 2.26. The molecule has 3 aromatic rings. The molecule has 0 radical (unpaired) electrons. The van der Waals surface area contributed by atoms with E-state index in [0.29, 0.717) is 0 Å². The van der Waals surface area contributed by atoms with Gasteiger partial charge in [0, 0.05) is 10.7 Å². The standard InChI is InChI=1S/C14H13BrN2/c1-8-6-12-13(7-9(8)2)17-5-4-11(15)14(17)10(3)16-12/h4-7H,1-3H3. The normalized spacial score (nSPS) is 11.5. The Hall–Kier alpha value is -1.35. The van der Waals surface area contributed by atoms with Crippen LogP contribution in [0.4, 0.5) is 0 Å². The Morgan fingerprint density at radius 1 is 1.12 bits per heavy atom. The summed E-state index contributed by atoms with van der Waals surface area (Å²) in [5, 5.41) is 0. The molecule has 0 fully saturated rings. The predicted molar refractivity (Wildman–Crippen MR) is 74.6 cm³/mol. The summed E-state index contributed by atoms with van der Waals surface area (Å²) in [4.78, 5) is 4.69. The monoisotopic (exact) mass is 288 g/mol. The molecule has 2 heterocycles. The molecule has 3 rings (SSSR count). The van der Waals surface area contributed by atoms with Crippen molar-refractivity contribution in [3.63, 3.8) is 0 Å². The predicted octanol–water partition coefficient (Wildman–Crippen LogP) is 4.18. The second-order valence-electron chi connectivity index (χ2n) is 4.50. The van der Waals surface area contributed by atoms with Gasteiger partial charge in [0.15, 0.2) is 0 Å². The van der Waals surface area contributed by atoms with E-state index in [0.717, 1.165) is 21.2 Å². The van der Waals surface area contributed by atoms with Gasteiger partial charge in [0.25, 0.3) is 0 Å². The molecule has 3 heteroatoms. The van der Waals surface area contributed by atoms with Crippen molar-refractivity contribution < 1.29 is 0 Å². The molecule has 86 valence electrons. The molecule has 0 spiro atoms. The summed E-state index contributed by atoms with van der Waals surface area (Å²) in [5.41, 5.74) is 7.02. The maximum Gasteiger partial charge on any atom is 0.0876 e. The Morgan fingerprint density at radius 2 is 1.82 bits per heavy atom. The molecule has 0 bridgehead atoms. The first-order valence-electron chi connectivity index (χ1n) is 5.62. The first-order chi connectivity index (χ1) is 8.08. The Labute approximate surface area is 108 Å². The summed E-state index contributed by atoms with van der Waals surface area (Å²) >= 11 is 3.58. The summed E-state index contributed by atoms with van der Waals surface area (Å²) in [5.74, 6) is 0. The van der Waals surface area contributed by atoms with Crippen molar-refractivity contribution in [2.45, 2.75) is 20.8 Å². The number of aromatic nitrogens is 2. The van der Waals surface area contributed by atoms with E-state index in [1.54, 1.807) is 0 Å². The molecule has 0 unspecified atom stereocenters. The third kappa shape index (κ3) is 1.49. The van der Waals surface area contributed by atoms with Crippen molar-refractivity contribution in [1.82, 2.24) is 9.38 Å². The lowest BCUT2D eigenvalue weighted by Gasteiger charge is -2.08. The maximum atomic E-state index is 4.69. The molecule has 0 amide bonds. The molecular formula is C14H13BrN2. The number of hydrogen-bond acceptors (Lipinski definition) is 1. The van der Waals surface area contributed by atoms with Crippen LogP contribution < -0.4 is 0 Å². The van der Waals surface area contributed by atoms with Crippen LogP contribution >= 0.6 is 15.9 Å². The third-order valence-corrected chi connectivity index (χ3v) is 3.96. The van der Waals surface area contributed by atoms with Crippen LogP contribution in [0.2, 0.25) is 0 Å². The fraction of sp³-hybridized carbons (Fsp3) is 0.214. The minimum atomic E-state index is 1.05. The molecule has 1 aromatic carbocycles. The third-order valence-electron chi connectivity index (χ3n) is 3.32. The van der Waals surface area contributed by atoms with E-state index in [4.69, 9.17) is 0 Å². The van der Waals surface area contributed by atoms with Crippen LogP contribution in [0.25, 0.3) is 16.6 Å². The lowest BCUT2D eigenvalue weighted by Crippen LogP contribution is -1.95. The van der Waals surface area contributed by atoms with Crippen LogP contribution in [0.15, 0.2) is 28.9 Å². The van der Waals surface area contributed by atoms with Crippen molar-refractivity contribution in [2.75, 3.05) is 0 Å². The Balaban J connectivity index is 2.59. The molecule has 2 aromatic heterocycles. The average molecular weight is 289 g/mol. The molecule has 2 nitrogen and oxygen atoms in total. The van der Waals surface area contributed by atoms with E-state index < -0.39 is 0 Å². The maximum absolute atomic E-state index is 4.69. The van der Waals surface area contributed by atoms with Crippen LogP contribution in [0.1, 0.15) is 16.8 Å². The van der Waals surface area contributed by atoms with Gasteiger partial charge in [-0.1, -0.05) is 0 Å². The van der Waals surface area contributed by atoms with Crippen LogP contribution in [-0.2, 0) is 0 Å². The van der Waals surface area contributed by atoms with Gasteiger partial charge in [-0.3, -0.25) is 0 Å². The second-order valence-corrected chi connectivity index (χ2v) is 5.36. The Morgan fingerprint density at radius 3 is 2.59 bits per heavy atom. The highest BCUT2D eigenvalue weighted by molar-refractivity contribution is 9.10. The lowest BCUT2D eigenvalue weighted by molar-refractivity contribution is 1.16. The van der Waals surface area contributed by atoms with Crippen LogP contribution in [0, 0.1) is 20.8 Å². The molecule has 0 aliphatic heterocycles. The average Bonchev–Trinajstić information content (AvgIpc) is 2.65. The van der Waals surface area contributed by atoms with E-state index >= 15 is 0 Å². The van der Waals surface area contributed by atoms with Crippen molar-refractivity contribution >= 4 is 32.5 Å². The number of halogens is 1. The number of aryl methyl sites for hydroxylation is 3. The van der Waals surface area contributed by atoms with Crippen LogP contribution in [0.3, 0.4) is 0 Å². The first-order valence-corrected chi connectivity index (χ1v) is 6.41. The van der Waals surface area contributed by atoms with Gasteiger partial charge in [0.1, 0.15) is 0 Å². The smallest absolute Gasteiger partial charge is 0.0876 e. The molecule has 0 aliphatic carbocycles. The highest BCUT2D eigenvalue weighted by atomic mass is 79.9. The fourth-order valence-corrected chi connectivity index (χ4v) is 2.85. The summed E-state index contributed by atoms with van der Waals surface area (Å²) in [6.07, 6.45) is 2.09. The molecule has 0 saturated heterocycles. The van der Waals surface area contributed by atoms with E-state index in [1.165, 1.54) is 16.6 Å². The molecule has 17 heavy (non-hydrogen) atoms. The summed E-state index contributed by atoms with van der Waals surface area (Å²) in [6.45, 7) is 6.31. The quantitative estimate of drug-likeness (QED) is 0.607. The summed E-state index contributed by atoms with van der Waals surface area (Å²) in [7, 11) is 0. The van der Waals surface area contributed by atoms with Gasteiger partial charge < -0.3 is 4.40 Å². The van der Waals surface area contributed by atoms with E-state index in [-0.39, 0.29) is 0 Å². The van der Waals surface area contributed by atoms with Crippen molar-refractivity contribution in [1.29, 1.82) is 0 Å². The van der Waals surface area contributed by atoms with Gasteiger partial charge in [-0.15, -0.1) is 0 Å². The van der Waals surface area contributed by atoms with Crippen molar-refractivity contribution in [3.8, 4) is 0 Å². The van der Waals surface area contributed by atoms with E-state index in [9.17, 15) is 0 Å². The van der Waals surface area contributed by atoms with Crippen molar-refractivity contribution in [2.24, 2.45) is 0 Å². The Bertz CT molecular complexity index is 741. The number of hydrogen-bond donors (Lipinski definition) is 0. The number of benzene rings is 1. The van der Waals surface area contributed by atoms with E-state index in [1.807, 2.05) is 0 Å². The van der Waals surface area contributed by atoms with E-state index in [2.05, 4.69) is 70.5 Å².